The van der Waals surface area contributed by atoms with E-state index in [2.05, 4.69) is 10.3 Å². The lowest BCUT2D eigenvalue weighted by Gasteiger charge is -2.15. The summed E-state index contributed by atoms with van der Waals surface area (Å²) in [7, 11) is 1.37. The molecule has 2 N–H and O–H groups in total. The predicted molar refractivity (Wildman–Crippen MR) is 127 cm³/mol. The molecule has 0 bridgehead atoms. The third-order valence-corrected chi connectivity index (χ3v) is 5.22. The summed E-state index contributed by atoms with van der Waals surface area (Å²) in [5, 5.41) is 12.6. The molecule has 0 spiro atoms. The van der Waals surface area contributed by atoms with E-state index in [1.54, 1.807) is 60.7 Å². The summed E-state index contributed by atoms with van der Waals surface area (Å²) in [6.45, 7) is 0.187. The average Bonchev–Trinajstić information content (AvgIpc) is 2.83. The number of rotatable bonds is 7. The van der Waals surface area contributed by atoms with Crippen LogP contribution in [-0.4, -0.2) is 25.2 Å². The number of hydrogen-bond acceptors (Lipinski definition) is 6. The molecule has 0 aliphatic carbocycles. The fourth-order valence-corrected chi connectivity index (χ4v) is 3.25. The summed E-state index contributed by atoms with van der Waals surface area (Å²) in [6, 6.07) is 19.8. The van der Waals surface area contributed by atoms with Crippen molar-refractivity contribution < 1.29 is 14.6 Å². The number of ether oxygens (including phenoxy) is 1. The Morgan fingerprint density at radius 1 is 0.971 bits per heavy atom. The van der Waals surface area contributed by atoms with E-state index in [0.717, 1.165) is 10.1 Å². The number of nitrogens with zero attached hydrogens (tertiary/aromatic N) is 3. The van der Waals surface area contributed by atoms with Crippen LogP contribution < -0.4 is 21.4 Å². The average molecular weight is 479 g/mol. The van der Waals surface area contributed by atoms with Crippen LogP contribution in [0.2, 0.25) is 5.02 Å². The van der Waals surface area contributed by atoms with Crippen LogP contribution in [0.25, 0.3) is 0 Å². The predicted octanol–water partition coefficient (Wildman–Crippen LogP) is 3.88. The molecule has 172 valence electrons. The van der Waals surface area contributed by atoms with Gasteiger partial charge in [-0.05, 0) is 66.2 Å². The van der Waals surface area contributed by atoms with Gasteiger partial charge in [-0.25, -0.2) is 19.0 Å². The Balaban J connectivity index is 1.56. The van der Waals surface area contributed by atoms with E-state index < -0.39 is 17.3 Å². The van der Waals surface area contributed by atoms with Crippen LogP contribution in [0.15, 0.2) is 82.4 Å². The molecule has 4 rings (SSSR count). The monoisotopic (exact) mass is 478 g/mol. The van der Waals surface area contributed by atoms with Gasteiger partial charge in [-0.2, -0.15) is 4.98 Å². The van der Waals surface area contributed by atoms with Gasteiger partial charge in [0, 0.05) is 17.8 Å². The summed E-state index contributed by atoms with van der Waals surface area (Å²) < 4.78 is 8.03. The van der Waals surface area contributed by atoms with Gasteiger partial charge in [0.05, 0.1) is 12.1 Å². The van der Waals surface area contributed by atoms with E-state index in [9.17, 15) is 14.4 Å². The van der Waals surface area contributed by atoms with Crippen molar-refractivity contribution in [2.45, 2.75) is 6.54 Å². The second-order valence-corrected chi connectivity index (χ2v) is 7.79. The van der Waals surface area contributed by atoms with Crippen molar-refractivity contribution in [1.82, 2.24) is 14.1 Å². The Hall–Kier alpha value is -4.37. The molecular formula is C24H19ClN4O5. The Bertz CT molecular complexity index is 1440. The van der Waals surface area contributed by atoms with Gasteiger partial charge in [-0.15, -0.1) is 0 Å². The maximum atomic E-state index is 12.8. The summed E-state index contributed by atoms with van der Waals surface area (Å²) in [6.07, 6.45) is 0. The quantitative estimate of drug-likeness (QED) is 0.414. The highest BCUT2D eigenvalue weighted by molar-refractivity contribution is 6.30. The summed E-state index contributed by atoms with van der Waals surface area (Å²) in [4.78, 5) is 39.9. The van der Waals surface area contributed by atoms with Crippen molar-refractivity contribution in [3.05, 3.63) is 110 Å². The molecule has 0 saturated carbocycles. The van der Waals surface area contributed by atoms with Gasteiger partial charge in [-0.1, -0.05) is 23.7 Å². The van der Waals surface area contributed by atoms with Crippen LogP contribution >= 0.6 is 11.6 Å². The van der Waals surface area contributed by atoms with Crippen LogP contribution in [0.3, 0.4) is 0 Å². The van der Waals surface area contributed by atoms with Crippen LogP contribution in [0.5, 0.6) is 11.5 Å². The molecule has 1 heterocycles. The third kappa shape index (κ3) is 5.16. The van der Waals surface area contributed by atoms with Gasteiger partial charge < -0.3 is 15.2 Å². The van der Waals surface area contributed by atoms with Crippen molar-refractivity contribution >= 4 is 29.2 Å². The standard InChI is InChI=1S/C24H19ClN4O5/c1-28-23(32)27-22(29(24(28)33)14-15-2-6-17(25)7-3-15)26-18-8-12-20(13-9-18)34-19-10-4-16(5-11-19)21(30)31/h2-13H,14H2,1H3,(H,30,31)(H,26,27,32). The summed E-state index contributed by atoms with van der Waals surface area (Å²) >= 11 is 5.94. The Kier molecular flexibility index (Phi) is 6.46. The van der Waals surface area contributed by atoms with Crippen molar-refractivity contribution in [3.8, 4) is 11.5 Å². The van der Waals surface area contributed by atoms with Crippen molar-refractivity contribution in [2.24, 2.45) is 7.05 Å². The molecule has 0 fully saturated rings. The highest BCUT2D eigenvalue weighted by Crippen LogP contribution is 2.24. The van der Waals surface area contributed by atoms with Crippen LogP contribution in [0, 0.1) is 0 Å². The zero-order valence-corrected chi connectivity index (χ0v) is 18.7. The van der Waals surface area contributed by atoms with E-state index in [1.165, 1.54) is 23.7 Å². The van der Waals surface area contributed by atoms with Crippen molar-refractivity contribution in [1.29, 1.82) is 0 Å². The molecular weight excluding hydrogens is 460 g/mol. The number of aromatic carboxylic acids is 1. The topological polar surface area (TPSA) is 115 Å². The minimum atomic E-state index is -1.01. The molecule has 0 aliphatic rings. The number of hydrogen-bond donors (Lipinski definition) is 2. The molecule has 4 aromatic rings. The number of anilines is 2. The lowest BCUT2D eigenvalue weighted by molar-refractivity contribution is 0.0697. The van der Waals surface area contributed by atoms with Crippen LogP contribution in [0.4, 0.5) is 11.6 Å². The SMILES string of the molecule is Cn1c(=O)nc(Nc2ccc(Oc3ccc(C(=O)O)cc3)cc2)n(Cc2ccc(Cl)cc2)c1=O. The van der Waals surface area contributed by atoms with Gasteiger partial charge in [0.2, 0.25) is 5.95 Å². The minimum Gasteiger partial charge on any atom is -0.478 e. The fourth-order valence-electron chi connectivity index (χ4n) is 3.13. The zero-order chi connectivity index (χ0) is 24.2. The van der Waals surface area contributed by atoms with Crippen LogP contribution in [-0.2, 0) is 13.6 Å². The van der Waals surface area contributed by atoms with E-state index in [4.69, 9.17) is 21.4 Å². The molecule has 0 amide bonds. The lowest BCUT2D eigenvalue weighted by Crippen LogP contribution is -2.41. The van der Waals surface area contributed by atoms with Crippen molar-refractivity contribution in [3.63, 3.8) is 0 Å². The third-order valence-electron chi connectivity index (χ3n) is 4.96. The van der Waals surface area contributed by atoms with Crippen LogP contribution in [0.1, 0.15) is 15.9 Å². The zero-order valence-electron chi connectivity index (χ0n) is 17.9. The maximum Gasteiger partial charge on any atom is 0.354 e. The van der Waals surface area contributed by atoms with Gasteiger partial charge in [-0.3, -0.25) is 4.57 Å². The first-order valence-corrected chi connectivity index (χ1v) is 10.5. The number of carboxylic acids is 1. The Morgan fingerprint density at radius 3 is 2.15 bits per heavy atom. The fraction of sp³-hybridized carbons (Fsp3) is 0.0833. The molecule has 0 unspecified atom stereocenters. The lowest BCUT2D eigenvalue weighted by atomic mass is 10.2. The largest absolute Gasteiger partial charge is 0.478 e. The molecule has 0 atom stereocenters. The smallest absolute Gasteiger partial charge is 0.354 e. The number of carboxylic acid groups (broad SMARTS) is 1. The van der Waals surface area contributed by atoms with E-state index in [-0.39, 0.29) is 18.1 Å². The van der Waals surface area contributed by atoms with E-state index in [1.807, 2.05) is 0 Å². The molecule has 34 heavy (non-hydrogen) atoms. The minimum absolute atomic E-state index is 0.0981. The highest BCUT2D eigenvalue weighted by Gasteiger charge is 2.12. The maximum absolute atomic E-state index is 12.8. The van der Waals surface area contributed by atoms with Gasteiger partial charge in [0.15, 0.2) is 0 Å². The van der Waals surface area contributed by atoms with Gasteiger partial charge >= 0.3 is 17.3 Å². The summed E-state index contributed by atoms with van der Waals surface area (Å²) in [5.41, 5.74) is 0.371. The molecule has 1 aromatic heterocycles. The molecule has 3 aromatic carbocycles. The normalized spacial score (nSPS) is 10.6. The number of nitrogens with one attached hydrogen (secondary N) is 1. The summed E-state index contributed by atoms with van der Waals surface area (Å²) in [5.74, 6) is 0.0849. The molecule has 10 heteroatoms. The number of halogens is 1. The molecule has 0 aliphatic heterocycles. The van der Waals surface area contributed by atoms with E-state index in [0.29, 0.717) is 22.2 Å². The highest BCUT2D eigenvalue weighted by atomic mass is 35.5. The Labute approximate surface area is 198 Å². The first kappa shape index (κ1) is 22.8. The number of aromatic nitrogens is 3. The number of carbonyl (C=O) groups is 1. The van der Waals surface area contributed by atoms with Crippen molar-refractivity contribution in [2.75, 3.05) is 5.32 Å². The van der Waals surface area contributed by atoms with Gasteiger partial charge in [0.1, 0.15) is 11.5 Å². The van der Waals surface area contributed by atoms with Gasteiger partial charge in [0.25, 0.3) is 0 Å². The number of benzene rings is 3. The Morgan fingerprint density at radius 2 is 1.56 bits per heavy atom. The second kappa shape index (κ2) is 9.63. The first-order chi connectivity index (χ1) is 16.3. The first-order valence-electron chi connectivity index (χ1n) is 10.1. The second-order valence-electron chi connectivity index (χ2n) is 7.35. The molecule has 0 radical (unpaired) electrons. The molecule has 0 saturated heterocycles. The molecule has 9 nitrogen and oxygen atoms in total. The van der Waals surface area contributed by atoms with E-state index >= 15 is 0 Å².